The third-order valence-electron chi connectivity index (χ3n) is 6.08. The zero-order chi connectivity index (χ0) is 24.6. The summed E-state index contributed by atoms with van der Waals surface area (Å²) < 4.78 is 26.8. The molecule has 0 unspecified atom stereocenters. The molecule has 0 atom stereocenters. The number of benzene rings is 1. The van der Waals surface area contributed by atoms with Gasteiger partial charge in [-0.05, 0) is 65.0 Å². The van der Waals surface area contributed by atoms with E-state index in [1.165, 1.54) is 17.2 Å². The highest BCUT2D eigenvalue weighted by Gasteiger charge is 2.22. The van der Waals surface area contributed by atoms with E-state index in [0.717, 1.165) is 25.9 Å². The molecule has 3 aromatic rings. The Balaban J connectivity index is 1.80. The molecule has 2 aromatic heterocycles. The van der Waals surface area contributed by atoms with Gasteiger partial charge in [0, 0.05) is 31.0 Å². The van der Waals surface area contributed by atoms with Crippen LogP contribution in [0.4, 0.5) is 11.5 Å². The Morgan fingerprint density at radius 2 is 1.82 bits per heavy atom. The van der Waals surface area contributed by atoms with Crippen LogP contribution in [0.25, 0.3) is 22.2 Å². The van der Waals surface area contributed by atoms with E-state index >= 15 is 0 Å². The number of nitrogens with one attached hydrogen (secondary N) is 2. The molecular formula is C24H32N6O3S. The van der Waals surface area contributed by atoms with Gasteiger partial charge in [0.15, 0.2) is 9.84 Å². The number of aromatic nitrogens is 3. The van der Waals surface area contributed by atoms with Crippen LogP contribution in [0.2, 0.25) is 0 Å². The Bertz CT molecular complexity index is 1380. The van der Waals surface area contributed by atoms with Gasteiger partial charge in [-0.2, -0.15) is 0 Å². The zero-order valence-corrected chi connectivity index (χ0v) is 21.1. The van der Waals surface area contributed by atoms with E-state index < -0.39 is 9.84 Å². The van der Waals surface area contributed by atoms with Crippen molar-refractivity contribution < 1.29 is 8.42 Å². The Hall–Kier alpha value is -2.98. The number of piperidine rings is 1. The van der Waals surface area contributed by atoms with Crippen LogP contribution in [0, 0.1) is 0 Å². The molecule has 4 rings (SSSR count). The first-order valence-corrected chi connectivity index (χ1v) is 13.3. The van der Waals surface area contributed by atoms with E-state index in [1.807, 2.05) is 26.0 Å². The van der Waals surface area contributed by atoms with Gasteiger partial charge in [-0.25, -0.2) is 18.4 Å². The smallest absolute Gasteiger partial charge is 0.264 e. The summed E-state index contributed by atoms with van der Waals surface area (Å²) in [5, 5.41) is 7.09. The lowest BCUT2D eigenvalue weighted by Gasteiger charge is -2.30. The third kappa shape index (κ3) is 5.07. The summed E-state index contributed by atoms with van der Waals surface area (Å²) in [6.45, 7) is 5.88. The lowest BCUT2D eigenvalue weighted by atomic mass is 10.0. The van der Waals surface area contributed by atoms with Crippen LogP contribution in [0.15, 0.2) is 40.3 Å². The molecule has 34 heavy (non-hydrogen) atoms. The number of hydrogen-bond donors (Lipinski definition) is 2. The molecule has 9 nitrogen and oxygen atoms in total. The minimum atomic E-state index is -3.49. The van der Waals surface area contributed by atoms with E-state index in [-0.39, 0.29) is 22.5 Å². The van der Waals surface area contributed by atoms with Crippen LogP contribution in [0.3, 0.4) is 0 Å². The summed E-state index contributed by atoms with van der Waals surface area (Å²) in [5.74, 6) is 0.436. The van der Waals surface area contributed by atoms with Gasteiger partial charge in [-0.1, -0.05) is 6.07 Å². The fourth-order valence-corrected chi connectivity index (χ4v) is 5.10. The van der Waals surface area contributed by atoms with Crippen molar-refractivity contribution in [2.45, 2.75) is 43.7 Å². The number of rotatable bonds is 6. The van der Waals surface area contributed by atoms with E-state index in [9.17, 15) is 13.2 Å². The molecule has 0 aliphatic carbocycles. The fourth-order valence-electron chi connectivity index (χ4n) is 4.23. The highest BCUT2D eigenvalue weighted by atomic mass is 32.2. The van der Waals surface area contributed by atoms with Crippen LogP contribution in [-0.4, -0.2) is 66.3 Å². The van der Waals surface area contributed by atoms with E-state index in [4.69, 9.17) is 4.98 Å². The first kappa shape index (κ1) is 24.2. The van der Waals surface area contributed by atoms with Crippen molar-refractivity contribution in [2.24, 2.45) is 7.05 Å². The van der Waals surface area contributed by atoms with Crippen molar-refractivity contribution >= 4 is 32.2 Å². The highest BCUT2D eigenvalue weighted by molar-refractivity contribution is 7.90. The van der Waals surface area contributed by atoms with Crippen molar-refractivity contribution in [2.75, 3.05) is 37.0 Å². The van der Waals surface area contributed by atoms with Gasteiger partial charge in [-0.3, -0.25) is 4.79 Å². The van der Waals surface area contributed by atoms with Crippen molar-refractivity contribution in [1.29, 1.82) is 0 Å². The standard InChI is InChI=1S/C24H32N6O3S/c1-15(2)26-23-22-20(25-14-30(4)24(22)31)13-19(28-23)16-6-7-18(21(12-16)34(5,32)33)27-17-8-10-29(3)11-9-17/h6-7,12-15,17,27H,8-11H2,1-5H3,(H,26,28). The average Bonchev–Trinajstić information content (AvgIpc) is 2.77. The molecule has 0 amide bonds. The molecular weight excluding hydrogens is 452 g/mol. The maximum Gasteiger partial charge on any atom is 0.264 e. The van der Waals surface area contributed by atoms with Gasteiger partial charge in [0.25, 0.3) is 5.56 Å². The molecule has 2 N–H and O–H groups in total. The second-order valence-corrected chi connectivity index (χ2v) is 11.4. The minimum Gasteiger partial charge on any atom is -0.381 e. The molecule has 1 saturated heterocycles. The van der Waals surface area contributed by atoms with Crippen LogP contribution in [-0.2, 0) is 16.9 Å². The van der Waals surface area contributed by atoms with Crippen molar-refractivity contribution in [3.8, 4) is 11.3 Å². The maximum absolute atomic E-state index is 12.8. The molecule has 3 heterocycles. The Morgan fingerprint density at radius 3 is 2.47 bits per heavy atom. The van der Waals surface area contributed by atoms with Gasteiger partial charge in [0.2, 0.25) is 0 Å². The monoisotopic (exact) mass is 484 g/mol. The lowest BCUT2D eigenvalue weighted by molar-refractivity contribution is 0.264. The number of fused-ring (bicyclic) bond motifs is 1. The third-order valence-corrected chi connectivity index (χ3v) is 7.22. The van der Waals surface area contributed by atoms with Crippen molar-refractivity contribution in [1.82, 2.24) is 19.4 Å². The summed E-state index contributed by atoms with van der Waals surface area (Å²) in [5.41, 5.74) is 2.11. The van der Waals surface area contributed by atoms with Crippen molar-refractivity contribution in [3.05, 3.63) is 40.9 Å². The molecule has 0 spiro atoms. The Morgan fingerprint density at radius 1 is 1.12 bits per heavy atom. The number of nitrogens with zero attached hydrogens (tertiary/aromatic N) is 4. The lowest BCUT2D eigenvalue weighted by Crippen LogP contribution is -2.36. The van der Waals surface area contributed by atoms with Gasteiger partial charge in [0.1, 0.15) is 11.2 Å². The van der Waals surface area contributed by atoms with Crippen LogP contribution >= 0.6 is 0 Å². The largest absolute Gasteiger partial charge is 0.381 e. The van der Waals surface area contributed by atoms with Gasteiger partial charge in [-0.15, -0.1) is 0 Å². The van der Waals surface area contributed by atoms with Crippen molar-refractivity contribution in [3.63, 3.8) is 0 Å². The second-order valence-electron chi connectivity index (χ2n) is 9.41. The highest BCUT2D eigenvalue weighted by Crippen LogP contribution is 2.31. The SMILES string of the molecule is CC(C)Nc1nc(-c2ccc(NC3CCN(C)CC3)c(S(C)(=O)=O)c2)cc2ncn(C)c(=O)c12. The average molecular weight is 485 g/mol. The van der Waals surface area contributed by atoms with E-state index in [2.05, 4.69) is 27.6 Å². The number of likely N-dealkylation sites (tertiary alicyclic amines) is 1. The second kappa shape index (κ2) is 9.34. The summed E-state index contributed by atoms with van der Waals surface area (Å²) in [6.07, 6.45) is 4.61. The van der Waals surface area contributed by atoms with Gasteiger partial charge in [0.05, 0.1) is 28.1 Å². The number of aryl methyl sites for hydroxylation is 1. The fraction of sp³-hybridized carbons (Fsp3) is 0.458. The molecule has 0 saturated carbocycles. The molecule has 0 radical (unpaired) electrons. The first-order chi connectivity index (χ1) is 16.0. The number of sulfone groups is 1. The number of pyridine rings is 1. The topological polar surface area (TPSA) is 109 Å². The normalized spacial score (nSPS) is 15.7. The van der Waals surface area contributed by atoms with Crippen LogP contribution < -0.4 is 16.2 Å². The maximum atomic E-state index is 12.8. The summed E-state index contributed by atoms with van der Waals surface area (Å²) >= 11 is 0. The zero-order valence-electron chi connectivity index (χ0n) is 20.3. The molecule has 182 valence electrons. The molecule has 1 aromatic carbocycles. The first-order valence-electron chi connectivity index (χ1n) is 11.5. The van der Waals surface area contributed by atoms with Gasteiger partial charge < -0.3 is 20.1 Å². The number of hydrogen-bond acceptors (Lipinski definition) is 8. The minimum absolute atomic E-state index is 0.0450. The Labute approximate surface area is 200 Å². The molecule has 1 aliphatic rings. The summed E-state index contributed by atoms with van der Waals surface area (Å²) in [6, 6.07) is 7.32. The predicted octanol–water partition coefficient (Wildman–Crippen LogP) is 2.73. The van der Waals surface area contributed by atoms with E-state index in [0.29, 0.717) is 33.7 Å². The quantitative estimate of drug-likeness (QED) is 0.550. The van der Waals surface area contributed by atoms with Gasteiger partial charge >= 0.3 is 0 Å². The molecule has 10 heteroatoms. The summed E-state index contributed by atoms with van der Waals surface area (Å²) in [4.78, 5) is 24.4. The van der Waals surface area contributed by atoms with Crippen LogP contribution in [0.5, 0.6) is 0 Å². The molecule has 1 fully saturated rings. The number of anilines is 2. The van der Waals surface area contributed by atoms with Crippen LogP contribution in [0.1, 0.15) is 26.7 Å². The van der Waals surface area contributed by atoms with E-state index in [1.54, 1.807) is 19.2 Å². The molecule has 1 aliphatic heterocycles. The predicted molar refractivity (Wildman–Crippen MR) is 136 cm³/mol. The molecule has 0 bridgehead atoms. The summed E-state index contributed by atoms with van der Waals surface area (Å²) in [7, 11) is 0.248. The Kier molecular flexibility index (Phi) is 6.64.